The van der Waals surface area contributed by atoms with E-state index in [1.54, 1.807) is 0 Å². The fourth-order valence-electron chi connectivity index (χ4n) is 2.89. The van der Waals surface area contributed by atoms with Gasteiger partial charge in [-0.15, -0.1) is 0 Å². The van der Waals surface area contributed by atoms with Crippen LogP contribution in [0.3, 0.4) is 0 Å². The fourth-order valence-corrected chi connectivity index (χ4v) is 3.12. The van der Waals surface area contributed by atoms with E-state index >= 15 is 0 Å². The average Bonchev–Trinajstić information content (AvgIpc) is 2.49. The van der Waals surface area contributed by atoms with Gasteiger partial charge in [-0.3, -0.25) is 4.98 Å². The zero-order valence-corrected chi connectivity index (χ0v) is 14.0. The van der Waals surface area contributed by atoms with Crippen molar-refractivity contribution in [1.29, 1.82) is 0 Å². The van der Waals surface area contributed by atoms with Gasteiger partial charge in [-0.2, -0.15) is 0 Å². The Hall–Kier alpha value is -0.450. The second kappa shape index (κ2) is 8.75. The van der Waals surface area contributed by atoms with Gasteiger partial charge in [0.2, 0.25) is 0 Å². The highest BCUT2D eigenvalue weighted by atomic mass is 79.9. The Labute approximate surface area is 131 Å². The molecule has 4 heteroatoms. The lowest BCUT2D eigenvalue weighted by atomic mass is 9.94. The van der Waals surface area contributed by atoms with Crippen LogP contribution in [0.5, 0.6) is 0 Å². The first-order chi connectivity index (χ1) is 9.75. The maximum Gasteiger partial charge on any atom is 0.0542 e. The number of nitrogens with one attached hydrogen (secondary N) is 1. The van der Waals surface area contributed by atoms with Gasteiger partial charge >= 0.3 is 0 Å². The predicted octanol–water partition coefficient (Wildman–Crippen LogP) is 3.59. The van der Waals surface area contributed by atoms with Crippen LogP contribution in [0.4, 0.5) is 0 Å². The number of aromatic nitrogens is 1. The molecule has 1 N–H and O–H groups in total. The average molecular weight is 340 g/mol. The van der Waals surface area contributed by atoms with E-state index in [1.807, 2.05) is 12.3 Å². The van der Waals surface area contributed by atoms with Crippen LogP contribution in [0.25, 0.3) is 0 Å². The molecule has 1 aromatic heterocycles. The summed E-state index contributed by atoms with van der Waals surface area (Å²) in [5.74, 6) is 0. The van der Waals surface area contributed by atoms with Crippen LogP contribution >= 0.6 is 15.9 Å². The molecule has 20 heavy (non-hydrogen) atoms. The van der Waals surface area contributed by atoms with E-state index in [0.29, 0.717) is 0 Å². The van der Waals surface area contributed by atoms with Crippen LogP contribution in [-0.2, 0) is 6.54 Å². The summed E-state index contributed by atoms with van der Waals surface area (Å²) >= 11 is 3.40. The van der Waals surface area contributed by atoms with E-state index in [0.717, 1.165) is 29.3 Å². The van der Waals surface area contributed by atoms with Crippen molar-refractivity contribution in [2.24, 2.45) is 0 Å². The highest BCUT2D eigenvalue weighted by Gasteiger charge is 2.16. The minimum atomic E-state index is 0.830. The van der Waals surface area contributed by atoms with Crippen molar-refractivity contribution in [3.05, 3.63) is 28.5 Å². The van der Waals surface area contributed by atoms with E-state index in [1.165, 1.54) is 45.1 Å². The fraction of sp³-hybridized carbons (Fsp3) is 0.688. The van der Waals surface area contributed by atoms with Gasteiger partial charge in [0.15, 0.2) is 0 Å². The zero-order chi connectivity index (χ0) is 14.2. The first kappa shape index (κ1) is 15.9. The van der Waals surface area contributed by atoms with E-state index in [2.05, 4.69) is 44.2 Å². The molecule has 0 aliphatic heterocycles. The summed E-state index contributed by atoms with van der Waals surface area (Å²) in [5.41, 5.74) is 1.11. The van der Waals surface area contributed by atoms with Crippen molar-refractivity contribution < 1.29 is 0 Å². The molecule has 1 heterocycles. The zero-order valence-electron chi connectivity index (χ0n) is 12.4. The van der Waals surface area contributed by atoms with Crippen LogP contribution < -0.4 is 5.32 Å². The lowest BCUT2D eigenvalue weighted by Gasteiger charge is -2.31. The van der Waals surface area contributed by atoms with Crippen molar-refractivity contribution >= 4 is 15.9 Å². The smallest absolute Gasteiger partial charge is 0.0542 e. The van der Waals surface area contributed by atoms with Gasteiger partial charge in [-0.1, -0.05) is 19.3 Å². The monoisotopic (exact) mass is 339 g/mol. The summed E-state index contributed by atoms with van der Waals surface area (Å²) < 4.78 is 1.04. The van der Waals surface area contributed by atoms with Gasteiger partial charge < -0.3 is 10.2 Å². The SMILES string of the molecule is CN(CCCNCc1ccc(Br)cn1)C1CCCCC1. The third-order valence-corrected chi connectivity index (χ3v) is 4.63. The number of nitrogens with zero attached hydrogens (tertiary/aromatic N) is 2. The molecule has 1 fully saturated rings. The number of hydrogen-bond donors (Lipinski definition) is 1. The molecule has 0 radical (unpaired) electrons. The van der Waals surface area contributed by atoms with Crippen molar-refractivity contribution in [1.82, 2.24) is 15.2 Å². The second-order valence-corrected chi connectivity index (χ2v) is 6.69. The van der Waals surface area contributed by atoms with Crippen LogP contribution in [0.15, 0.2) is 22.8 Å². The lowest BCUT2D eigenvalue weighted by Crippen LogP contribution is -2.35. The largest absolute Gasteiger partial charge is 0.311 e. The predicted molar refractivity (Wildman–Crippen MR) is 87.8 cm³/mol. The summed E-state index contributed by atoms with van der Waals surface area (Å²) in [6, 6.07) is 4.93. The molecule has 0 unspecified atom stereocenters. The van der Waals surface area contributed by atoms with Crippen LogP contribution in [-0.4, -0.2) is 36.1 Å². The highest BCUT2D eigenvalue weighted by Crippen LogP contribution is 2.21. The van der Waals surface area contributed by atoms with Crippen molar-refractivity contribution in [2.45, 2.75) is 51.1 Å². The van der Waals surface area contributed by atoms with Gasteiger partial charge in [0.05, 0.1) is 5.69 Å². The van der Waals surface area contributed by atoms with Crippen molar-refractivity contribution in [3.8, 4) is 0 Å². The Morgan fingerprint density at radius 3 is 2.80 bits per heavy atom. The van der Waals surface area contributed by atoms with Crippen LogP contribution in [0.1, 0.15) is 44.2 Å². The molecular weight excluding hydrogens is 314 g/mol. The van der Waals surface area contributed by atoms with E-state index in [4.69, 9.17) is 0 Å². The standard InChI is InChI=1S/C16H26BrN3/c1-20(16-6-3-2-4-7-16)11-5-10-18-13-15-9-8-14(17)12-19-15/h8-9,12,16,18H,2-7,10-11,13H2,1H3. The van der Waals surface area contributed by atoms with Gasteiger partial charge in [-0.05, 0) is 67.5 Å². The summed E-state index contributed by atoms with van der Waals surface area (Å²) in [6.07, 6.45) is 10.1. The number of halogens is 1. The molecule has 112 valence electrons. The summed E-state index contributed by atoms with van der Waals surface area (Å²) in [5, 5.41) is 3.47. The van der Waals surface area contributed by atoms with E-state index in [9.17, 15) is 0 Å². The van der Waals surface area contributed by atoms with Gasteiger partial charge in [0.1, 0.15) is 0 Å². The molecule has 2 rings (SSSR count). The molecular formula is C16H26BrN3. The number of pyridine rings is 1. The van der Waals surface area contributed by atoms with Gasteiger partial charge in [0, 0.05) is 23.3 Å². The maximum atomic E-state index is 4.36. The Morgan fingerprint density at radius 2 is 2.10 bits per heavy atom. The number of rotatable bonds is 7. The highest BCUT2D eigenvalue weighted by molar-refractivity contribution is 9.10. The molecule has 1 aliphatic rings. The topological polar surface area (TPSA) is 28.2 Å². The Bertz CT molecular complexity index is 374. The van der Waals surface area contributed by atoms with Gasteiger partial charge in [0.25, 0.3) is 0 Å². The summed E-state index contributed by atoms with van der Waals surface area (Å²) in [7, 11) is 2.28. The molecule has 0 spiro atoms. The summed E-state index contributed by atoms with van der Waals surface area (Å²) in [4.78, 5) is 6.92. The molecule has 1 aromatic rings. The molecule has 0 bridgehead atoms. The summed E-state index contributed by atoms with van der Waals surface area (Å²) in [6.45, 7) is 3.13. The third kappa shape index (κ3) is 5.51. The minimum Gasteiger partial charge on any atom is -0.311 e. The maximum absolute atomic E-state index is 4.36. The molecule has 1 saturated carbocycles. The van der Waals surface area contributed by atoms with Crippen LogP contribution in [0.2, 0.25) is 0 Å². The molecule has 0 atom stereocenters. The van der Waals surface area contributed by atoms with E-state index in [-0.39, 0.29) is 0 Å². The Balaban J connectivity index is 1.55. The molecule has 1 aliphatic carbocycles. The van der Waals surface area contributed by atoms with Crippen molar-refractivity contribution in [3.63, 3.8) is 0 Å². The Morgan fingerprint density at radius 1 is 1.30 bits per heavy atom. The molecule has 0 amide bonds. The molecule has 3 nitrogen and oxygen atoms in total. The van der Waals surface area contributed by atoms with Gasteiger partial charge in [-0.25, -0.2) is 0 Å². The second-order valence-electron chi connectivity index (χ2n) is 5.77. The Kier molecular flexibility index (Phi) is 6.97. The quantitative estimate of drug-likeness (QED) is 0.769. The normalized spacial score (nSPS) is 16.8. The first-order valence-electron chi connectivity index (χ1n) is 7.77. The number of hydrogen-bond acceptors (Lipinski definition) is 3. The molecule has 0 aromatic carbocycles. The molecule has 0 saturated heterocycles. The third-order valence-electron chi connectivity index (χ3n) is 4.16. The first-order valence-corrected chi connectivity index (χ1v) is 8.56. The minimum absolute atomic E-state index is 0.830. The van der Waals surface area contributed by atoms with E-state index < -0.39 is 0 Å². The lowest BCUT2D eigenvalue weighted by molar-refractivity contribution is 0.189. The van der Waals surface area contributed by atoms with Crippen LogP contribution in [0, 0.1) is 0 Å². The van der Waals surface area contributed by atoms with Crippen molar-refractivity contribution in [2.75, 3.05) is 20.1 Å².